The molecular formula is C16H25NO4. The Morgan fingerprint density at radius 2 is 2.14 bits per heavy atom. The number of rotatable bonds is 9. The fourth-order valence-corrected chi connectivity index (χ4v) is 1.90. The molecule has 0 saturated heterocycles. The number of hydrogen-bond acceptors (Lipinski definition) is 5. The van der Waals surface area contributed by atoms with Crippen molar-refractivity contribution in [3.63, 3.8) is 0 Å². The number of ether oxygens (including phenoxy) is 3. The predicted octanol–water partition coefficient (Wildman–Crippen LogP) is 2.31. The summed E-state index contributed by atoms with van der Waals surface area (Å²) in [4.78, 5) is 11.6. The minimum absolute atomic E-state index is 0.00374. The Kier molecular flexibility index (Phi) is 7.61. The fraction of sp³-hybridized carbons (Fsp3) is 0.562. The first kappa shape index (κ1) is 17.3. The lowest BCUT2D eigenvalue weighted by Gasteiger charge is -2.16. The van der Waals surface area contributed by atoms with Crippen LogP contribution in [0.5, 0.6) is 11.5 Å². The number of benzene rings is 1. The molecule has 0 aliphatic carbocycles. The summed E-state index contributed by atoms with van der Waals surface area (Å²) in [6, 6.07) is 5.59. The number of nitrogens with two attached hydrogens (primary N) is 1. The molecule has 1 atom stereocenters. The highest BCUT2D eigenvalue weighted by molar-refractivity contribution is 5.71. The number of hydrogen-bond donors (Lipinski definition) is 1. The van der Waals surface area contributed by atoms with Crippen molar-refractivity contribution in [2.75, 3.05) is 20.3 Å². The molecule has 5 heteroatoms. The summed E-state index contributed by atoms with van der Waals surface area (Å²) >= 11 is 0. The first-order valence-corrected chi connectivity index (χ1v) is 7.28. The second kappa shape index (κ2) is 9.23. The SMILES string of the molecule is CCCCOC(=O)COc1c(CC(C)N)cccc1OC. The molecule has 2 N–H and O–H groups in total. The van der Waals surface area contributed by atoms with Gasteiger partial charge in [0.25, 0.3) is 0 Å². The Morgan fingerprint density at radius 3 is 2.76 bits per heavy atom. The molecule has 1 aromatic rings. The molecule has 0 aliphatic heterocycles. The van der Waals surface area contributed by atoms with Gasteiger partial charge < -0.3 is 19.9 Å². The van der Waals surface area contributed by atoms with Crippen LogP contribution in [0, 0.1) is 0 Å². The third-order valence-electron chi connectivity index (χ3n) is 2.92. The first-order chi connectivity index (χ1) is 10.1. The van der Waals surface area contributed by atoms with Crippen LogP contribution in [-0.4, -0.2) is 32.3 Å². The molecule has 0 spiro atoms. The summed E-state index contributed by atoms with van der Waals surface area (Å²) in [5, 5.41) is 0. The van der Waals surface area contributed by atoms with Crippen LogP contribution in [0.3, 0.4) is 0 Å². The summed E-state index contributed by atoms with van der Waals surface area (Å²) in [6.07, 6.45) is 2.49. The van der Waals surface area contributed by atoms with E-state index in [1.54, 1.807) is 13.2 Å². The number of esters is 1. The highest BCUT2D eigenvalue weighted by atomic mass is 16.6. The van der Waals surface area contributed by atoms with Gasteiger partial charge in [0.2, 0.25) is 0 Å². The quantitative estimate of drug-likeness (QED) is 0.559. The van der Waals surface area contributed by atoms with E-state index >= 15 is 0 Å². The molecule has 0 heterocycles. The van der Waals surface area contributed by atoms with E-state index in [1.165, 1.54) is 0 Å². The number of para-hydroxylation sites is 1. The Labute approximate surface area is 126 Å². The largest absolute Gasteiger partial charge is 0.493 e. The highest BCUT2D eigenvalue weighted by Gasteiger charge is 2.14. The summed E-state index contributed by atoms with van der Waals surface area (Å²) in [5.41, 5.74) is 6.76. The maximum absolute atomic E-state index is 11.6. The van der Waals surface area contributed by atoms with Crippen LogP contribution in [0.1, 0.15) is 32.3 Å². The number of carbonyl (C=O) groups excluding carboxylic acids is 1. The molecule has 0 fully saturated rings. The van der Waals surface area contributed by atoms with E-state index in [1.807, 2.05) is 26.0 Å². The van der Waals surface area contributed by atoms with Crippen molar-refractivity contribution in [2.45, 2.75) is 39.2 Å². The van der Waals surface area contributed by atoms with Crippen LogP contribution < -0.4 is 15.2 Å². The molecule has 21 heavy (non-hydrogen) atoms. The van der Waals surface area contributed by atoms with Gasteiger partial charge in [-0.05, 0) is 31.4 Å². The fourth-order valence-electron chi connectivity index (χ4n) is 1.90. The zero-order chi connectivity index (χ0) is 15.7. The van der Waals surface area contributed by atoms with Crippen LogP contribution in [-0.2, 0) is 16.0 Å². The Bertz CT molecular complexity index is 446. The molecule has 0 amide bonds. The maximum atomic E-state index is 11.6. The van der Waals surface area contributed by atoms with Crippen LogP contribution >= 0.6 is 0 Å². The van der Waals surface area contributed by atoms with Crippen molar-refractivity contribution in [2.24, 2.45) is 5.73 Å². The topological polar surface area (TPSA) is 70.8 Å². The Morgan fingerprint density at radius 1 is 1.38 bits per heavy atom. The number of carbonyl (C=O) groups is 1. The van der Waals surface area contributed by atoms with E-state index in [0.717, 1.165) is 18.4 Å². The summed E-state index contributed by atoms with van der Waals surface area (Å²) < 4.78 is 15.9. The molecule has 0 bridgehead atoms. The van der Waals surface area contributed by atoms with Crippen molar-refractivity contribution in [1.29, 1.82) is 0 Å². The average Bonchev–Trinajstić information content (AvgIpc) is 2.45. The van der Waals surface area contributed by atoms with Crippen molar-refractivity contribution in [3.05, 3.63) is 23.8 Å². The van der Waals surface area contributed by atoms with Gasteiger partial charge in [0.1, 0.15) is 0 Å². The average molecular weight is 295 g/mol. The van der Waals surface area contributed by atoms with Gasteiger partial charge in [-0.25, -0.2) is 4.79 Å². The summed E-state index contributed by atoms with van der Waals surface area (Å²) in [7, 11) is 1.57. The van der Waals surface area contributed by atoms with Crippen LogP contribution in [0.25, 0.3) is 0 Å². The Hall–Kier alpha value is -1.75. The van der Waals surface area contributed by atoms with Crippen molar-refractivity contribution in [1.82, 2.24) is 0 Å². The molecule has 1 unspecified atom stereocenters. The van der Waals surface area contributed by atoms with E-state index in [4.69, 9.17) is 19.9 Å². The van der Waals surface area contributed by atoms with E-state index in [2.05, 4.69) is 0 Å². The Balaban J connectivity index is 2.69. The molecule has 0 aliphatic rings. The number of unbranched alkanes of at least 4 members (excludes halogenated alkanes) is 1. The third-order valence-corrected chi connectivity index (χ3v) is 2.92. The lowest BCUT2D eigenvalue weighted by molar-refractivity contribution is -0.146. The molecule has 0 radical (unpaired) electrons. The third kappa shape index (κ3) is 6.04. The molecule has 0 saturated carbocycles. The molecule has 1 rings (SSSR count). The highest BCUT2D eigenvalue weighted by Crippen LogP contribution is 2.31. The van der Waals surface area contributed by atoms with Gasteiger partial charge in [-0.1, -0.05) is 25.5 Å². The van der Waals surface area contributed by atoms with E-state index in [-0.39, 0.29) is 18.6 Å². The minimum atomic E-state index is -0.374. The van der Waals surface area contributed by atoms with Gasteiger partial charge in [0.05, 0.1) is 13.7 Å². The molecule has 118 valence electrons. The summed E-state index contributed by atoms with van der Waals surface area (Å²) in [6.45, 7) is 4.26. The van der Waals surface area contributed by atoms with Gasteiger partial charge in [-0.2, -0.15) is 0 Å². The van der Waals surface area contributed by atoms with Crippen LogP contribution in [0.2, 0.25) is 0 Å². The molecule has 1 aromatic carbocycles. The van der Waals surface area contributed by atoms with Gasteiger partial charge in [-0.3, -0.25) is 0 Å². The number of methoxy groups -OCH3 is 1. The van der Waals surface area contributed by atoms with E-state index in [0.29, 0.717) is 24.5 Å². The van der Waals surface area contributed by atoms with Crippen molar-refractivity contribution < 1.29 is 19.0 Å². The van der Waals surface area contributed by atoms with E-state index in [9.17, 15) is 4.79 Å². The first-order valence-electron chi connectivity index (χ1n) is 7.28. The second-order valence-corrected chi connectivity index (χ2v) is 4.99. The monoisotopic (exact) mass is 295 g/mol. The normalized spacial score (nSPS) is 11.8. The second-order valence-electron chi connectivity index (χ2n) is 4.99. The zero-order valence-electron chi connectivity index (χ0n) is 13.1. The molecule has 5 nitrogen and oxygen atoms in total. The van der Waals surface area contributed by atoms with E-state index < -0.39 is 0 Å². The van der Waals surface area contributed by atoms with Gasteiger partial charge in [0, 0.05) is 6.04 Å². The lowest BCUT2D eigenvalue weighted by atomic mass is 10.1. The van der Waals surface area contributed by atoms with Crippen LogP contribution in [0.15, 0.2) is 18.2 Å². The van der Waals surface area contributed by atoms with Gasteiger partial charge in [-0.15, -0.1) is 0 Å². The van der Waals surface area contributed by atoms with Crippen molar-refractivity contribution in [3.8, 4) is 11.5 Å². The smallest absolute Gasteiger partial charge is 0.344 e. The lowest BCUT2D eigenvalue weighted by Crippen LogP contribution is -2.20. The summed E-state index contributed by atoms with van der Waals surface area (Å²) in [5.74, 6) is 0.778. The molecular weight excluding hydrogens is 270 g/mol. The van der Waals surface area contributed by atoms with Gasteiger partial charge >= 0.3 is 5.97 Å². The predicted molar refractivity (Wildman–Crippen MR) is 81.7 cm³/mol. The molecule has 0 aromatic heterocycles. The minimum Gasteiger partial charge on any atom is -0.493 e. The zero-order valence-corrected chi connectivity index (χ0v) is 13.1. The van der Waals surface area contributed by atoms with Gasteiger partial charge in [0.15, 0.2) is 18.1 Å². The van der Waals surface area contributed by atoms with Crippen molar-refractivity contribution >= 4 is 5.97 Å². The van der Waals surface area contributed by atoms with Crippen LogP contribution in [0.4, 0.5) is 0 Å². The standard InChI is InChI=1S/C16H25NO4/c1-4-5-9-20-15(18)11-21-16-13(10-12(2)17)7-6-8-14(16)19-3/h6-8,12H,4-5,9-11,17H2,1-3H3. The maximum Gasteiger partial charge on any atom is 0.344 e.